The first kappa shape index (κ1) is 20.6. The molecule has 0 unspecified atom stereocenters. The minimum atomic E-state index is -0.833. The van der Waals surface area contributed by atoms with Gasteiger partial charge in [0.2, 0.25) is 0 Å². The first-order valence-corrected chi connectivity index (χ1v) is 9.32. The van der Waals surface area contributed by atoms with Gasteiger partial charge in [-0.2, -0.15) is 0 Å². The Morgan fingerprint density at radius 1 is 1.22 bits per heavy atom. The third-order valence-corrected chi connectivity index (χ3v) is 4.48. The molecule has 0 amide bonds. The molecule has 0 saturated carbocycles. The zero-order valence-corrected chi connectivity index (χ0v) is 16.1. The van der Waals surface area contributed by atoms with E-state index in [1.54, 1.807) is 18.1 Å². The fourth-order valence-corrected chi connectivity index (χ4v) is 3.16. The number of rotatable bonds is 7. The van der Waals surface area contributed by atoms with E-state index in [0.29, 0.717) is 6.54 Å². The molecular weight excluding hydrogens is 366 g/mol. The number of hydrogen-bond donors (Lipinski definition) is 2. The highest BCUT2D eigenvalue weighted by atomic mass is 32.2. The van der Waals surface area contributed by atoms with Crippen LogP contribution in [0.2, 0.25) is 0 Å². The summed E-state index contributed by atoms with van der Waals surface area (Å²) in [5.74, 6) is 1.76. The van der Waals surface area contributed by atoms with Crippen molar-refractivity contribution in [1.29, 1.82) is 0 Å². The van der Waals surface area contributed by atoms with E-state index in [0.717, 1.165) is 42.6 Å². The van der Waals surface area contributed by atoms with Crippen molar-refractivity contribution in [2.24, 2.45) is 5.73 Å². The minimum absolute atomic E-state index is 0.380. The first-order chi connectivity index (χ1) is 13.0. The molecule has 0 bridgehead atoms. The molecule has 0 fully saturated rings. The zero-order chi connectivity index (χ0) is 19.6. The van der Waals surface area contributed by atoms with Crippen molar-refractivity contribution in [2.75, 3.05) is 5.75 Å². The molecule has 3 aromatic rings. The first-order valence-electron chi connectivity index (χ1n) is 8.34. The molecule has 0 saturated heterocycles. The van der Waals surface area contributed by atoms with Gasteiger partial charge in [-0.05, 0) is 12.5 Å². The van der Waals surface area contributed by atoms with Crippen LogP contribution in [-0.2, 0) is 24.4 Å². The number of carbonyl (C=O) groups is 1. The lowest BCUT2D eigenvalue weighted by Gasteiger charge is -2.09. The van der Waals surface area contributed by atoms with Crippen molar-refractivity contribution in [3.05, 3.63) is 53.9 Å². The van der Waals surface area contributed by atoms with Crippen LogP contribution in [0.5, 0.6) is 0 Å². The molecule has 3 rings (SSSR count). The van der Waals surface area contributed by atoms with Crippen LogP contribution in [-0.4, -0.2) is 46.4 Å². The largest absolute Gasteiger partial charge is 0.481 e. The average molecular weight is 389 g/mol. The van der Waals surface area contributed by atoms with Crippen molar-refractivity contribution in [3.8, 4) is 0 Å². The molecule has 2 heterocycles. The summed E-state index contributed by atoms with van der Waals surface area (Å²) in [4.78, 5) is 9.00. The monoisotopic (exact) mass is 389 g/mol. The summed E-state index contributed by atoms with van der Waals surface area (Å²) < 4.78 is 4.10. The molecule has 27 heavy (non-hydrogen) atoms. The number of carboxylic acids is 1. The van der Waals surface area contributed by atoms with Crippen LogP contribution in [0.1, 0.15) is 24.1 Å². The quantitative estimate of drug-likeness (QED) is 0.583. The fourth-order valence-electron chi connectivity index (χ4n) is 2.27. The van der Waals surface area contributed by atoms with E-state index < -0.39 is 5.97 Å². The lowest BCUT2D eigenvalue weighted by atomic mass is 10.2. The molecule has 10 heteroatoms. The zero-order valence-electron chi connectivity index (χ0n) is 15.3. The highest BCUT2D eigenvalue weighted by Crippen LogP contribution is 2.19. The molecule has 0 spiro atoms. The predicted octanol–water partition coefficient (Wildman–Crippen LogP) is 1.57. The van der Waals surface area contributed by atoms with Gasteiger partial charge in [-0.3, -0.25) is 4.79 Å². The van der Waals surface area contributed by atoms with E-state index in [9.17, 15) is 0 Å². The number of carboxylic acid groups (broad SMARTS) is 1. The summed E-state index contributed by atoms with van der Waals surface area (Å²) in [5, 5.41) is 24.7. The van der Waals surface area contributed by atoms with Crippen LogP contribution in [0.3, 0.4) is 0 Å². The number of thioether (sulfide) groups is 1. The molecule has 2 aromatic heterocycles. The van der Waals surface area contributed by atoms with Crippen molar-refractivity contribution in [2.45, 2.75) is 38.6 Å². The van der Waals surface area contributed by atoms with E-state index >= 15 is 0 Å². The average Bonchev–Trinajstić information content (AvgIpc) is 3.22. The topological polar surface area (TPSA) is 125 Å². The van der Waals surface area contributed by atoms with Crippen molar-refractivity contribution in [1.82, 2.24) is 29.5 Å². The molecule has 0 aliphatic heterocycles. The van der Waals surface area contributed by atoms with E-state index in [1.165, 1.54) is 5.56 Å². The van der Waals surface area contributed by atoms with Gasteiger partial charge in [0.15, 0.2) is 5.16 Å². The van der Waals surface area contributed by atoms with Crippen molar-refractivity contribution in [3.63, 3.8) is 0 Å². The highest BCUT2D eigenvalue weighted by molar-refractivity contribution is 7.99. The number of aryl methyl sites for hydroxylation is 2. The fraction of sp³-hybridized carbons (Fsp3) is 0.353. The Morgan fingerprint density at radius 3 is 2.52 bits per heavy atom. The van der Waals surface area contributed by atoms with Gasteiger partial charge in [-0.25, -0.2) is 0 Å². The smallest absolute Gasteiger partial charge is 0.300 e. The summed E-state index contributed by atoms with van der Waals surface area (Å²) in [5.41, 5.74) is 7.00. The van der Waals surface area contributed by atoms with E-state index in [2.05, 4.69) is 37.1 Å². The lowest BCUT2D eigenvalue weighted by Crippen LogP contribution is -2.11. The maximum atomic E-state index is 9.00. The van der Waals surface area contributed by atoms with Gasteiger partial charge >= 0.3 is 0 Å². The number of aliphatic carboxylic acids is 1. The Labute approximate surface area is 161 Å². The number of benzene rings is 1. The van der Waals surface area contributed by atoms with Crippen LogP contribution < -0.4 is 5.73 Å². The second kappa shape index (κ2) is 10.4. The predicted molar refractivity (Wildman–Crippen MR) is 102 cm³/mol. The third-order valence-electron chi connectivity index (χ3n) is 3.53. The minimum Gasteiger partial charge on any atom is -0.481 e. The molecular formula is C17H23N7O2S. The maximum absolute atomic E-state index is 9.00. The van der Waals surface area contributed by atoms with Crippen molar-refractivity contribution >= 4 is 17.7 Å². The molecule has 0 atom stereocenters. The van der Waals surface area contributed by atoms with E-state index in [4.69, 9.17) is 15.6 Å². The Bertz CT molecular complexity index is 844. The van der Waals surface area contributed by atoms with Gasteiger partial charge in [0.1, 0.15) is 18.0 Å². The SMILES string of the molecule is CC(=O)O.Cc1nncn1CCSc1nnc(CN)n1Cc1ccccc1. The molecule has 0 aliphatic rings. The van der Waals surface area contributed by atoms with Crippen LogP contribution in [0.25, 0.3) is 0 Å². The third kappa shape index (κ3) is 6.50. The summed E-state index contributed by atoms with van der Waals surface area (Å²) in [6, 6.07) is 10.3. The maximum Gasteiger partial charge on any atom is 0.300 e. The van der Waals surface area contributed by atoms with Crippen molar-refractivity contribution < 1.29 is 9.90 Å². The second-order valence-corrected chi connectivity index (χ2v) is 6.68. The van der Waals surface area contributed by atoms with Crippen LogP contribution >= 0.6 is 11.8 Å². The molecule has 0 radical (unpaired) electrons. The van der Waals surface area contributed by atoms with Crippen LogP contribution in [0, 0.1) is 6.92 Å². The van der Waals surface area contributed by atoms with Crippen LogP contribution in [0.15, 0.2) is 41.8 Å². The van der Waals surface area contributed by atoms with Gasteiger partial charge in [-0.15, -0.1) is 20.4 Å². The number of nitrogens with zero attached hydrogens (tertiary/aromatic N) is 6. The second-order valence-electron chi connectivity index (χ2n) is 5.61. The number of nitrogens with two attached hydrogens (primary N) is 1. The molecule has 3 N–H and O–H groups in total. The van der Waals surface area contributed by atoms with E-state index in [1.807, 2.05) is 29.7 Å². The summed E-state index contributed by atoms with van der Waals surface area (Å²) in [6.07, 6.45) is 1.75. The standard InChI is InChI=1S/C15H19N7S.C2H4O2/c1-12-18-17-11-21(12)7-8-23-15-20-19-14(9-16)22(15)10-13-5-3-2-4-6-13;1-2(3)4/h2-6,11H,7-10,16H2,1H3;1H3,(H,3,4). The summed E-state index contributed by atoms with van der Waals surface area (Å²) in [6.45, 7) is 4.97. The molecule has 1 aromatic carbocycles. The normalized spacial score (nSPS) is 10.3. The lowest BCUT2D eigenvalue weighted by molar-refractivity contribution is -0.134. The number of hydrogen-bond acceptors (Lipinski definition) is 7. The Balaban J connectivity index is 0.000000596. The Kier molecular flexibility index (Phi) is 7.96. The van der Waals surface area contributed by atoms with Gasteiger partial charge in [0.05, 0.1) is 13.1 Å². The summed E-state index contributed by atoms with van der Waals surface area (Å²) >= 11 is 1.67. The van der Waals surface area contributed by atoms with Gasteiger partial charge in [-0.1, -0.05) is 42.1 Å². The Morgan fingerprint density at radius 2 is 1.93 bits per heavy atom. The van der Waals surface area contributed by atoms with Crippen LogP contribution in [0.4, 0.5) is 0 Å². The number of aromatic nitrogens is 6. The van der Waals surface area contributed by atoms with Gasteiger partial charge in [0, 0.05) is 19.2 Å². The Hall–Kier alpha value is -2.72. The highest BCUT2D eigenvalue weighted by Gasteiger charge is 2.12. The molecule has 9 nitrogen and oxygen atoms in total. The molecule has 0 aliphatic carbocycles. The van der Waals surface area contributed by atoms with Gasteiger partial charge in [0.25, 0.3) is 5.97 Å². The van der Waals surface area contributed by atoms with Gasteiger partial charge < -0.3 is 20.0 Å². The van der Waals surface area contributed by atoms with E-state index in [-0.39, 0.29) is 0 Å². The summed E-state index contributed by atoms with van der Waals surface area (Å²) in [7, 11) is 0. The molecule has 144 valence electrons.